The zero-order valence-electron chi connectivity index (χ0n) is 33.1. The monoisotopic (exact) mass is 874 g/mol. The van der Waals surface area contributed by atoms with Crippen molar-refractivity contribution in [1.82, 2.24) is 31.9 Å². The van der Waals surface area contributed by atoms with Crippen LogP contribution in [0.4, 0.5) is 4.79 Å². The van der Waals surface area contributed by atoms with Crippen LogP contribution in [0.15, 0.2) is 54.6 Å². The molecule has 60 heavy (non-hydrogen) atoms. The summed E-state index contributed by atoms with van der Waals surface area (Å²) in [5.41, 5.74) is 10.8. The molecular weight excluding hydrogens is 825 g/mol. The van der Waals surface area contributed by atoms with Gasteiger partial charge >= 0.3 is 12.1 Å². The van der Waals surface area contributed by atoms with Crippen molar-refractivity contribution in [2.75, 3.05) is 11.5 Å². The van der Waals surface area contributed by atoms with Gasteiger partial charge in [0.05, 0.1) is 6.42 Å². The molecule has 2 aromatic rings. The number of hydrogen-bond donors (Lipinski definition) is 10. The molecule has 6 atom stereocenters. The lowest BCUT2D eigenvalue weighted by Gasteiger charge is -2.28. The van der Waals surface area contributed by atoms with E-state index in [9.17, 15) is 53.4 Å². The first-order valence-corrected chi connectivity index (χ1v) is 21.1. The summed E-state index contributed by atoms with van der Waals surface area (Å²) in [6.07, 6.45) is -2.93. The number of nitrogens with one attached hydrogen (secondary N) is 6. The topological polar surface area (TPSA) is 328 Å². The normalized spacial score (nSPS) is 22.7. The van der Waals surface area contributed by atoms with Crippen molar-refractivity contribution in [3.8, 4) is 5.75 Å². The fourth-order valence-electron chi connectivity index (χ4n) is 5.50. The van der Waals surface area contributed by atoms with Crippen LogP contribution >= 0.6 is 21.6 Å². The molecule has 1 fully saturated rings. The van der Waals surface area contributed by atoms with Crippen LogP contribution in [0.5, 0.6) is 5.75 Å². The minimum Gasteiger partial charge on any atom is -0.508 e. The molecule has 1 saturated heterocycles. The van der Waals surface area contributed by atoms with Crippen LogP contribution in [0, 0.1) is 0 Å². The van der Waals surface area contributed by atoms with Gasteiger partial charge < -0.3 is 58.3 Å². The fraction of sp³-hybridized carbons (Fsp3) is 0.447. The largest absolute Gasteiger partial charge is 0.508 e. The Morgan fingerprint density at radius 3 is 1.75 bits per heavy atom. The van der Waals surface area contributed by atoms with E-state index in [0.29, 0.717) is 11.1 Å². The Labute approximate surface area is 353 Å². The number of hydrogen-bond acceptors (Lipinski definition) is 13. The number of amides is 8. The SMILES string of the molecule is CC(C)(C)OC(=O)N[C@H]1CSSC[C@@H](C(=O)O)NC(=O)[C@H](CC(N)=O)NC(=O)[C@H](CCC(N)=O)NC(=O)[C@H](Cc2ccccc2)NC(=O)[C@H](Cc2ccc(O)cc2)NC1=O. The van der Waals surface area contributed by atoms with E-state index in [1.165, 1.54) is 24.3 Å². The first kappa shape index (κ1) is 48.3. The van der Waals surface area contributed by atoms with E-state index in [2.05, 4.69) is 31.9 Å². The van der Waals surface area contributed by atoms with E-state index in [1.54, 1.807) is 51.1 Å². The number of benzene rings is 2. The Morgan fingerprint density at radius 1 is 0.700 bits per heavy atom. The highest BCUT2D eigenvalue weighted by molar-refractivity contribution is 8.76. The molecule has 1 heterocycles. The molecule has 0 saturated carbocycles. The first-order chi connectivity index (χ1) is 28.2. The molecule has 2 aromatic carbocycles. The van der Waals surface area contributed by atoms with Crippen molar-refractivity contribution in [3.63, 3.8) is 0 Å². The van der Waals surface area contributed by atoms with Crippen LogP contribution in [0.3, 0.4) is 0 Å². The van der Waals surface area contributed by atoms with Gasteiger partial charge in [0.1, 0.15) is 47.6 Å². The molecule has 22 heteroatoms. The van der Waals surface area contributed by atoms with Crippen LogP contribution in [0.25, 0.3) is 0 Å². The van der Waals surface area contributed by atoms with Gasteiger partial charge in [0.15, 0.2) is 0 Å². The van der Waals surface area contributed by atoms with E-state index in [1.807, 2.05) is 0 Å². The molecule has 3 rings (SSSR count). The van der Waals surface area contributed by atoms with Gasteiger partial charge in [-0.3, -0.25) is 33.6 Å². The molecule has 12 N–H and O–H groups in total. The summed E-state index contributed by atoms with van der Waals surface area (Å²) in [6, 6.07) is 4.98. The third-order valence-electron chi connectivity index (χ3n) is 8.45. The number of phenols is 1. The van der Waals surface area contributed by atoms with Gasteiger partial charge in [-0.1, -0.05) is 64.1 Å². The summed E-state index contributed by atoms with van der Waals surface area (Å²) < 4.78 is 5.35. The van der Waals surface area contributed by atoms with Crippen LogP contribution in [-0.4, -0.2) is 117 Å². The summed E-state index contributed by atoms with van der Waals surface area (Å²) in [5.74, 6) is -8.87. The van der Waals surface area contributed by atoms with E-state index >= 15 is 0 Å². The predicted molar refractivity (Wildman–Crippen MR) is 220 cm³/mol. The number of aromatic hydroxyl groups is 1. The third-order valence-corrected chi connectivity index (χ3v) is 10.9. The average molecular weight is 875 g/mol. The zero-order chi connectivity index (χ0) is 44.6. The lowest BCUT2D eigenvalue weighted by molar-refractivity contribution is -0.141. The number of carboxylic acid groups (broad SMARTS) is 1. The maximum Gasteiger partial charge on any atom is 0.408 e. The summed E-state index contributed by atoms with van der Waals surface area (Å²) in [5, 5.41) is 34.6. The number of rotatable bonds is 11. The number of carbonyl (C=O) groups is 9. The Morgan fingerprint density at radius 2 is 1.20 bits per heavy atom. The number of alkyl carbamates (subject to hydrolysis) is 1. The second kappa shape index (κ2) is 22.9. The van der Waals surface area contributed by atoms with Crippen molar-refractivity contribution < 1.29 is 58.1 Å². The minimum absolute atomic E-state index is 0.0697. The van der Waals surface area contributed by atoms with Gasteiger partial charge in [-0.2, -0.15) is 0 Å². The predicted octanol–water partition coefficient (Wildman–Crippen LogP) is -0.885. The van der Waals surface area contributed by atoms with Gasteiger partial charge in [0, 0.05) is 30.8 Å². The third kappa shape index (κ3) is 17.1. The number of primary amides is 2. The fourth-order valence-corrected chi connectivity index (χ4v) is 7.82. The number of aliphatic carboxylic acids is 1. The lowest BCUT2D eigenvalue weighted by atomic mass is 10.0. The quantitative estimate of drug-likeness (QED) is 0.123. The average Bonchev–Trinajstić information content (AvgIpc) is 3.15. The highest BCUT2D eigenvalue weighted by Crippen LogP contribution is 2.24. The molecule has 0 aliphatic carbocycles. The Bertz CT molecular complexity index is 1880. The number of phenolic OH excluding ortho intramolecular Hbond substituents is 1. The highest BCUT2D eigenvalue weighted by Gasteiger charge is 2.35. The maximum absolute atomic E-state index is 14.3. The van der Waals surface area contributed by atoms with E-state index in [4.69, 9.17) is 16.2 Å². The van der Waals surface area contributed by atoms with Crippen LogP contribution in [0.1, 0.15) is 51.2 Å². The molecule has 8 amide bonds. The van der Waals surface area contributed by atoms with Gasteiger partial charge in [-0.05, 0) is 50.5 Å². The van der Waals surface area contributed by atoms with E-state index < -0.39 is 115 Å². The molecule has 0 spiro atoms. The number of ether oxygens (including phenoxy) is 1. The molecular formula is C38H50N8O12S2. The van der Waals surface area contributed by atoms with Gasteiger partial charge in [-0.25, -0.2) is 9.59 Å². The Balaban J connectivity index is 2.14. The van der Waals surface area contributed by atoms with Crippen LogP contribution in [0.2, 0.25) is 0 Å². The van der Waals surface area contributed by atoms with Gasteiger partial charge in [-0.15, -0.1) is 0 Å². The number of carbonyl (C=O) groups excluding carboxylic acids is 8. The molecule has 0 aromatic heterocycles. The molecule has 20 nitrogen and oxygen atoms in total. The Hall–Kier alpha value is -6.03. The molecule has 0 unspecified atom stereocenters. The standard InChI is InChI=1S/C38H50N8O12S2/c1-38(2,3)58-37(57)46-27-18-59-60-19-28(36(55)56)45-34(53)26(17-30(40)49)44-31(50)23(13-14-29(39)48)41-32(51)24(15-20-7-5-4-6-8-20)42-33(52)25(43-35(27)54)16-21-9-11-22(47)12-10-21/h4-12,23-28,47H,13-19H2,1-3H3,(H2,39,48)(H2,40,49)(H,41,51)(H,42,52)(H,43,54)(H,44,50)(H,45,53)(H,46,57)(H,55,56)/t23-,24-,25-,26-,27-,28-/m0/s1. The lowest BCUT2D eigenvalue weighted by Crippen LogP contribution is -2.60. The Kier molecular flexibility index (Phi) is 18.5. The van der Waals surface area contributed by atoms with Crippen LogP contribution in [-0.2, 0) is 55.9 Å². The smallest absolute Gasteiger partial charge is 0.408 e. The summed E-state index contributed by atoms with van der Waals surface area (Å²) in [7, 11) is 1.83. The maximum atomic E-state index is 14.3. The van der Waals surface area contributed by atoms with E-state index in [0.717, 1.165) is 21.6 Å². The summed E-state index contributed by atoms with van der Waals surface area (Å²) in [4.78, 5) is 118. The molecule has 0 bridgehead atoms. The van der Waals surface area contributed by atoms with Gasteiger partial charge in [0.2, 0.25) is 41.4 Å². The van der Waals surface area contributed by atoms with Crippen molar-refractivity contribution in [2.24, 2.45) is 11.5 Å². The first-order valence-electron chi connectivity index (χ1n) is 18.6. The van der Waals surface area contributed by atoms with Crippen LogP contribution < -0.4 is 43.4 Å². The number of nitrogens with two attached hydrogens (primary N) is 2. The summed E-state index contributed by atoms with van der Waals surface area (Å²) in [6.45, 7) is 4.81. The molecule has 1 aliphatic heterocycles. The summed E-state index contributed by atoms with van der Waals surface area (Å²) >= 11 is 0. The highest BCUT2D eigenvalue weighted by atomic mass is 33.1. The van der Waals surface area contributed by atoms with E-state index in [-0.39, 0.29) is 30.1 Å². The van der Waals surface area contributed by atoms with Crippen molar-refractivity contribution in [3.05, 3.63) is 65.7 Å². The zero-order valence-corrected chi connectivity index (χ0v) is 34.7. The second-order valence-electron chi connectivity index (χ2n) is 14.6. The van der Waals surface area contributed by atoms with Crippen molar-refractivity contribution >= 4 is 75.0 Å². The minimum atomic E-state index is -1.74. The molecule has 0 radical (unpaired) electrons. The van der Waals surface area contributed by atoms with Crippen molar-refractivity contribution in [1.29, 1.82) is 0 Å². The second-order valence-corrected chi connectivity index (χ2v) is 17.2. The molecule has 1 aliphatic rings. The molecule has 326 valence electrons. The van der Waals surface area contributed by atoms with Crippen molar-refractivity contribution in [2.45, 2.75) is 94.7 Å². The number of carboxylic acids is 1. The van der Waals surface area contributed by atoms with Gasteiger partial charge in [0.25, 0.3) is 0 Å².